The number of hydrogen-bond acceptors (Lipinski definition) is 4. The van der Waals surface area contributed by atoms with Crippen LogP contribution in [0.1, 0.15) is 28.5 Å². The Hall–Kier alpha value is -2.48. The normalized spacial score (nSPS) is 20.5. The largest absolute Gasteiger partial charge is 0.481 e. The molecule has 8 heteroatoms. The van der Waals surface area contributed by atoms with Crippen molar-refractivity contribution in [1.29, 1.82) is 0 Å². The molecule has 0 spiro atoms. The van der Waals surface area contributed by atoms with Crippen molar-refractivity contribution >= 4 is 5.91 Å². The number of aliphatic hydroxyl groups excluding tert-OH is 1. The second-order valence-electron chi connectivity index (χ2n) is 5.72. The van der Waals surface area contributed by atoms with Crippen molar-refractivity contribution in [2.45, 2.75) is 18.6 Å². The van der Waals surface area contributed by atoms with Gasteiger partial charge in [-0.05, 0) is 24.6 Å². The molecule has 6 nitrogen and oxygen atoms in total. The van der Waals surface area contributed by atoms with E-state index in [1.807, 2.05) is 0 Å². The van der Waals surface area contributed by atoms with Crippen LogP contribution in [-0.2, 0) is 7.05 Å². The molecule has 1 aromatic carbocycles. The van der Waals surface area contributed by atoms with Gasteiger partial charge < -0.3 is 14.7 Å². The number of carbonyl (C=O) groups is 1. The van der Waals surface area contributed by atoms with Gasteiger partial charge in [0.05, 0.1) is 19.3 Å². The van der Waals surface area contributed by atoms with Gasteiger partial charge in [-0.15, -0.1) is 0 Å². The highest BCUT2D eigenvalue weighted by Crippen LogP contribution is 2.35. The van der Waals surface area contributed by atoms with E-state index in [-0.39, 0.29) is 24.2 Å². The lowest BCUT2D eigenvalue weighted by molar-refractivity contribution is 0.0707. The van der Waals surface area contributed by atoms with Gasteiger partial charge in [0.1, 0.15) is 11.6 Å². The zero-order valence-electron chi connectivity index (χ0n) is 13.2. The summed E-state index contributed by atoms with van der Waals surface area (Å²) in [5, 5.41) is 14.0. The average Bonchev–Trinajstić information content (AvgIpc) is 3.11. The monoisotopic (exact) mass is 337 g/mol. The van der Waals surface area contributed by atoms with Crippen LogP contribution in [0.5, 0.6) is 5.88 Å². The summed E-state index contributed by atoms with van der Waals surface area (Å²) in [4.78, 5) is 14.0. The number of likely N-dealkylation sites (tertiary alicyclic amines) is 1. The van der Waals surface area contributed by atoms with Gasteiger partial charge in [0, 0.05) is 25.2 Å². The molecule has 2 unspecified atom stereocenters. The lowest BCUT2D eigenvalue weighted by Crippen LogP contribution is -2.32. The first-order chi connectivity index (χ1) is 11.4. The Morgan fingerprint density at radius 1 is 1.38 bits per heavy atom. The van der Waals surface area contributed by atoms with Crippen molar-refractivity contribution < 1.29 is 23.4 Å². The fraction of sp³-hybridized carbons (Fsp3) is 0.375. The van der Waals surface area contributed by atoms with E-state index in [0.29, 0.717) is 5.88 Å². The number of methoxy groups -OCH3 is 1. The smallest absolute Gasteiger partial charge is 0.275 e. The average molecular weight is 337 g/mol. The van der Waals surface area contributed by atoms with Crippen LogP contribution in [0.4, 0.5) is 8.78 Å². The molecule has 128 valence electrons. The predicted octanol–water partition coefficient (Wildman–Crippen LogP) is 1.66. The molecular weight excluding hydrogens is 320 g/mol. The summed E-state index contributed by atoms with van der Waals surface area (Å²) >= 11 is 0. The molecule has 0 bridgehead atoms. The maximum absolute atomic E-state index is 14.1. The maximum atomic E-state index is 14.1. The molecule has 1 aromatic heterocycles. The first-order valence-corrected chi connectivity index (χ1v) is 7.42. The molecule has 0 aliphatic carbocycles. The van der Waals surface area contributed by atoms with Crippen LogP contribution in [0.15, 0.2) is 24.3 Å². The Morgan fingerprint density at radius 3 is 2.79 bits per heavy atom. The Kier molecular flexibility index (Phi) is 4.23. The molecule has 2 heterocycles. The van der Waals surface area contributed by atoms with E-state index in [1.54, 1.807) is 7.05 Å². The number of β-amino-alcohol motifs (C(OH)–C–C–N with tert-alkyl or cyclic N) is 1. The fourth-order valence-corrected chi connectivity index (χ4v) is 3.00. The van der Waals surface area contributed by atoms with E-state index in [2.05, 4.69) is 5.10 Å². The molecule has 1 fully saturated rings. The molecule has 2 atom stereocenters. The number of rotatable bonds is 3. The molecule has 1 amide bonds. The van der Waals surface area contributed by atoms with Crippen LogP contribution in [0.25, 0.3) is 0 Å². The van der Waals surface area contributed by atoms with Crippen LogP contribution < -0.4 is 4.74 Å². The first kappa shape index (κ1) is 16.4. The van der Waals surface area contributed by atoms with Crippen molar-refractivity contribution in [3.05, 3.63) is 47.2 Å². The van der Waals surface area contributed by atoms with Gasteiger partial charge in [0.2, 0.25) is 5.88 Å². The van der Waals surface area contributed by atoms with Crippen molar-refractivity contribution in [2.24, 2.45) is 7.05 Å². The minimum Gasteiger partial charge on any atom is -0.481 e. The van der Waals surface area contributed by atoms with E-state index in [4.69, 9.17) is 4.74 Å². The summed E-state index contributed by atoms with van der Waals surface area (Å²) in [5.41, 5.74) is 0.160. The summed E-state index contributed by atoms with van der Waals surface area (Å²) in [7, 11) is 3.08. The number of halogens is 2. The molecular formula is C16H17F2N3O3. The third-order valence-corrected chi connectivity index (χ3v) is 4.12. The van der Waals surface area contributed by atoms with Crippen LogP contribution in [0.2, 0.25) is 0 Å². The minimum absolute atomic E-state index is 0.0261. The Balaban J connectivity index is 1.95. The van der Waals surface area contributed by atoms with Gasteiger partial charge in [0.15, 0.2) is 5.69 Å². The number of amides is 1. The second kappa shape index (κ2) is 6.20. The van der Waals surface area contributed by atoms with E-state index in [0.717, 1.165) is 18.2 Å². The number of nitrogens with zero attached hydrogens (tertiary/aromatic N) is 3. The number of aromatic nitrogens is 2. The second-order valence-corrected chi connectivity index (χ2v) is 5.72. The number of aliphatic hydroxyl groups is 1. The number of hydrogen-bond donors (Lipinski definition) is 1. The molecule has 2 aromatic rings. The fourth-order valence-electron chi connectivity index (χ4n) is 3.00. The number of aryl methyl sites for hydroxylation is 1. The molecule has 1 N–H and O–H groups in total. The van der Waals surface area contributed by atoms with Crippen LogP contribution >= 0.6 is 0 Å². The van der Waals surface area contributed by atoms with Gasteiger partial charge in [-0.2, -0.15) is 5.10 Å². The summed E-state index contributed by atoms with van der Waals surface area (Å²) in [6, 6.07) is 3.79. The maximum Gasteiger partial charge on any atom is 0.275 e. The highest BCUT2D eigenvalue weighted by Gasteiger charge is 2.38. The van der Waals surface area contributed by atoms with Gasteiger partial charge in [-0.1, -0.05) is 0 Å². The zero-order valence-corrected chi connectivity index (χ0v) is 13.2. The van der Waals surface area contributed by atoms with Crippen molar-refractivity contribution in [3.8, 4) is 5.88 Å². The summed E-state index contributed by atoms with van der Waals surface area (Å²) in [6.07, 6.45) is -0.678. The third-order valence-electron chi connectivity index (χ3n) is 4.12. The topological polar surface area (TPSA) is 67.6 Å². The van der Waals surface area contributed by atoms with E-state index in [9.17, 15) is 18.7 Å². The van der Waals surface area contributed by atoms with Gasteiger partial charge in [-0.25, -0.2) is 13.5 Å². The van der Waals surface area contributed by atoms with Crippen molar-refractivity contribution in [2.75, 3.05) is 13.7 Å². The number of carbonyl (C=O) groups excluding carboxylic acids is 1. The Bertz CT molecular complexity index is 778. The van der Waals surface area contributed by atoms with Crippen molar-refractivity contribution in [3.63, 3.8) is 0 Å². The molecule has 0 saturated carbocycles. The number of benzene rings is 1. The quantitative estimate of drug-likeness (QED) is 0.925. The highest BCUT2D eigenvalue weighted by molar-refractivity contribution is 5.93. The lowest BCUT2D eigenvalue weighted by Gasteiger charge is -2.24. The summed E-state index contributed by atoms with van der Waals surface area (Å²) < 4.78 is 34.0. The summed E-state index contributed by atoms with van der Waals surface area (Å²) in [5.74, 6) is -1.29. The van der Waals surface area contributed by atoms with E-state index in [1.165, 1.54) is 22.8 Å². The van der Waals surface area contributed by atoms with Crippen LogP contribution in [0.3, 0.4) is 0 Å². The first-order valence-electron chi connectivity index (χ1n) is 7.42. The molecule has 1 aliphatic heterocycles. The molecule has 24 heavy (non-hydrogen) atoms. The van der Waals surface area contributed by atoms with Gasteiger partial charge in [0.25, 0.3) is 5.91 Å². The SMILES string of the molecule is COc1cc(C(=O)N2CC(O)CC2c2cc(F)ccc2F)nn1C. The third kappa shape index (κ3) is 2.84. The predicted molar refractivity (Wildman–Crippen MR) is 80.5 cm³/mol. The Morgan fingerprint density at radius 2 is 2.12 bits per heavy atom. The van der Waals surface area contributed by atoms with Crippen LogP contribution in [-0.4, -0.2) is 45.5 Å². The van der Waals surface area contributed by atoms with E-state index < -0.39 is 29.7 Å². The molecule has 1 saturated heterocycles. The Labute approximate surface area is 137 Å². The van der Waals surface area contributed by atoms with Gasteiger partial charge in [-0.3, -0.25) is 4.79 Å². The standard InChI is InChI=1S/C16H17F2N3O3/c1-20-15(24-2)7-13(19-20)16(23)21-8-10(22)6-14(21)11-5-9(17)3-4-12(11)18/h3-5,7,10,14,22H,6,8H2,1-2H3. The molecule has 3 rings (SSSR count). The molecule has 1 aliphatic rings. The minimum atomic E-state index is -0.813. The van der Waals surface area contributed by atoms with Gasteiger partial charge >= 0.3 is 0 Å². The lowest BCUT2D eigenvalue weighted by atomic mass is 10.0. The zero-order chi connectivity index (χ0) is 17.4. The van der Waals surface area contributed by atoms with Crippen LogP contribution in [0, 0.1) is 11.6 Å². The summed E-state index contributed by atoms with van der Waals surface area (Å²) in [6.45, 7) is 0.0261. The molecule has 0 radical (unpaired) electrons. The van der Waals surface area contributed by atoms with E-state index >= 15 is 0 Å². The number of ether oxygens (including phenoxy) is 1. The highest BCUT2D eigenvalue weighted by atomic mass is 19.1. The van der Waals surface area contributed by atoms with Crippen molar-refractivity contribution in [1.82, 2.24) is 14.7 Å².